The summed E-state index contributed by atoms with van der Waals surface area (Å²) in [6, 6.07) is 0. The fourth-order valence-corrected chi connectivity index (χ4v) is 0. The molecule has 0 aromatic heterocycles. The van der Waals surface area contributed by atoms with E-state index in [1.165, 1.54) is 0 Å². The molecule has 0 aliphatic carbocycles. The molecule has 0 aliphatic heterocycles. The SMILES string of the molecule is CC(C)(C)C.CC(C)(C)C.CC(C)(C)C.CC(C)(C)C.CC(C)C. The van der Waals surface area contributed by atoms with Crippen molar-refractivity contribution in [2.45, 2.75) is 132 Å². The van der Waals surface area contributed by atoms with E-state index >= 15 is 0 Å². The Hall–Kier alpha value is 0. The van der Waals surface area contributed by atoms with Crippen molar-refractivity contribution in [3.8, 4) is 0 Å². The quantitative estimate of drug-likeness (QED) is 0.409. The Bertz CT molecular complexity index is 142. The second-order valence-electron chi connectivity index (χ2n) is 13.7. The van der Waals surface area contributed by atoms with Crippen LogP contribution in [0.5, 0.6) is 0 Å². The molecule has 0 rings (SSSR count). The molecular weight excluding hydrogens is 288 g/mol. The predicted molar refractivity (Wildman–Crippen MR) is 121 cm³/mol. The molecule has 24 heavy (non-hydrogen) atoms. The summed E-state index contributed by atoms with van der Waals surface area (Å²) < 4.78 is 0. The average molecular weight is 347 g/mol. The number of hydrogen-bond donors (Lipinski definition) is 0. The lowest BCUT2D eigenvalue weighted by molar-refractivity contribution is 0.469. The van der Waals surface area contributed by atoms with Crippen LogP contribution in [-0.2, 0) is 0 Å². The molecule has 0 nitrogen and oxygen atoms in total. The normalized spacial score (nSPS) is 11.5. The highest BCUT2D eigenvalue weighted by Crippen LogP contribution is 2.09. The molecule has 0 fully saturated rings. The Morgan fingerprint density at radius 3 is 0.292 bits per heavy atom. The monoisotopic (exact) mass is 346 g/mol. The van der Waals surface area contributed by atoms with Gasteiger partial charge in [0.2, 0.25) is 0 Å². The van der Waals surface area contributed by atoms with Gasteiger partial charge in [0, 0.05) is 0 Å². The smallest absolute Gasteiger partial charge is 0.0411 e. The highest BCUT2D eigenvalue weighted by molar-refractivity contribution is 4.48. The van der Waals surface area contributed by atoms with Gasteiger partial charge in [-0.15, -0.1) is 0 Å². The zero-order chi connectivity index (χ0) is 21.6. The molecule has 0 heteroatoms. The van der Waals surface area contributed by atoms with Crippen LogP contribution in [0.15, 0.2) is 0 Å². The molecule has 154 valence electrons. The van der Waals surface area contributed by atoms with Crippen molar-refractivity contribution in [3.05, 3.63) is 0 Å². The van der Waals surface area contributed by atoms with Gasteiger partial charge in [0.1, 0.15) is 0 Å². The molecule has 0 spiro atoms. The van der Waals surface area contributed by atoms with E-state index in [4.69, 9.17) is 0 Å². The maximum Gasteiger partial charge on any atom is -0.0411 e. The molecular formula is C24H58. The molecule has 0 amide bonds. The minimum atomic E-state index is 0.500. The van der Waals surface area contributed by atoms with Gasteiger partial charge in [0.15, 0.2) is 0 Å². The molecule has 0 aromatic carbocycles. The zero-order valence-corrected chi connectivity index (χ0v) is 21.6. The fraction of sp³-hybridized carbons (Fsp3) is 1.00. The van der Waals surface area contributed by atoms with E-state index in [1.807, 2.05) is 0 Å². The standard InChI is InChI=1S/4C5H12.C4H10/c4*1-5(2,3)4;1-4(2)3/h4*1-4H3;4H,1-3H3. The van der Waals surface area contributed by atoms with E-state index in [0.29, 0.717) is 21.7 Å². The lowest BCUT2D eigenvalue weighted by Crippen LogP contribution is -1.93. The largest absolute Gasteiger partial charge is 0.0630 e. The summed E-state index contributed by atoms with van der Waals surface area (Å²) in [5, 5.41) is 0. The van der Waals surface area contributed by atoms with E-state index in [1.54, 1.807) is 0 Å². The van der Waals surface area contributed by atoms with Gasteiger partial charge in [-0.3, -0.25) is 0 Å². The Labute approximate surface area is 159 Å². The van der Waals surface area contributed by atoms with E-state index in [0.717, 1.165) is 5.92 Å². The summed E-state index contributed by atoms with van der Waals surface area (Å²) in [6.07, 6.45) is 0. The minimum absolute atomic E-state index is 0.500. The number of hydrogen-bond acceptors (Lipinski definition) is 0. The second-order valence-corrected chi connectivity index (χ2v) is 13.7. The van der Waals surface area contributed by atoms with Gasteiger partial charge in [0.05, 0.1) is 0 Å². The van der Waals surface area contributed by atoms with Gasteiger partial charge < -0.3 is 0 Å². The summed E-state index contributed by atoms with van der Waals surface area (Å²) in [4.78, 5) is 0. The van der Waals surface area contributed by atoms with Crippen LogP contribution in [0.25, 0.3) is 0 Å². The van der Waals surface area contributed by atoms with E-state index < -0.39 is 0 Å². The van der Waals surface area contributed by atoms with Crippen LogP contribution in [-0.4, -0.2) is 0 Å². The van der Waals surface area contributed by atoms with Crippen LogP contribution < -0.4 is 0 Å². The summed E-state index contributed by atoms with van der Waals surface area (Å²) in [6.45, 7) is 41.5. The van der Waals surface area contributed by atoms with Crippen molar-refractivity contribution >= 4 is 0 Å². The van der Waals surface area contributed by atoms with Crippen molar-refractivity contribution in [2.24, 2.45) is 27.6 Å². The topological polar surface area (TPSA) is 0 Å². The average Bonchev–Trinajstić information content (AvgIpc) is 1.82. The third-order valence-electron chi connectivity index (χ3n) is 0. The molecule has 0 unspecified atom stereocenters. The van der Waals surface area contributed by atoms with Crippen LogP contribution >= 0.6 is 0 Å². The molecule has 0 bridgehead atoms. The molecule has 0 aliphatic rings. The van der Waals surface area contributed by atoms with E-state index in [2.05, 4.69) is 132 Å². The Kier molecular flexibility index (Phi) is 22.4. The lowest BCUT2D eigenvalue weighted by Gasteiger charge is -2.05. The van der Waals surface area contributed by atoms with Crippen LogP contribution in [0, 0.1) is 27.6 Å². The highest BCUT2D eigenvalue weighted by Gasteiger charge is 1.96. The summed E-state index contributed by atoms with van der Waals surface area (Å²) in [5.41, 5.74) is 2.00. The first-order valence-corrected chi connectivity index (χ1v) is 9.73. The predicted octanol–water partition coefficient (Wildman–Crippen LogP) is 9.87. The van der Waals surface area contributed by atoms with Crippen LogP contribution in [0.2, 0.25) is 0 Å². The number of rotatable bonds is 0. The molecule has 0 aromatic rings. The Balaban J connectivity index is -0.0000000628. The lowest BCUT2D eigenvalue weighted by atomic mass is 10.0. The summed E-state index contributed by atoms with van der Waals surface area (Å²) >= 11 is 0. The fourth-order valence-electron chi connectivity index (χ4n) is 0. The summed E-state index contributed by atoms with van der Waals surface area (Å²) in [5.74, 6) is 0.833. The molecule has 0 saturated carbocycles. The Morgan fingerprint density at radius 2 is 0.292 bits per heavy atom. The third kappa shape index (κ3) is 0. The van der Waals surface area contributed by atoms with Crippen molar-refractivity contribution in [2.75, 3.05) is 0 Å². The van der Waals surface area contributed by atoms with Gasteiger partial charge in [-0.25, -0.2) is 0 Å². The Morgan fingerprint density at radius 1 is 0.292 bits per heavy atom. The van der Waals surface area contributed by atoms with Crippen molar-refractivity contribution in [1.82, 2.24) is 0 Å². The van der Waals surface area contributed by atoms with Crippen LogP contribution in [0.4, 0.5) is 0 Å². The molecule has 0 N–H and O–H groups in total. The third-order valence-corrected chi connectivity index (χ3v) is 0. The molecule has 0 radical (unpaired) electrons. The maximum atomic E-state index is 2.19. The summed E-state index contributed by atoms with van der Waals surface area (Å²) in [7, 11) is 0. The van der Waals surface area contributed by atoms with Crippen molar-refractivity contribution < 1.29 is 0 Å². The minimum Gasteiger partial charge on any atom is -0.0630 e. The van der Waals surface area contributed by atoms with Gasteiger partial charge in [-0.2, -0.15) is 0 Å². The first-order chi connectivity index (χ1) is 9.73. The van der Waals surface area contributed by atoms with Gasteiger partial charge >= 0.3 is 0 Å². The van der Waals surface area contributed by atoms with Gasteiger partial charge in [0.25, 0.3) is 0 Å². The van der Waals surface area contributed by atoms with Gasteiger partial charge in [-0.1, -0.05) is 132 Å². The first kappa shape index (κ1) is 35.2. The maximum absolute atomic E-state index is 2.19. The van der Waals surface area contributed by atoms with Gasteiger partial charge in [-0.05, 0) is 27.6 Å². The van der Waals surface area contributed by atoms with Crippen molar-refractivity contribution in [1.29, 1.82) is 0 Å². The molecule has 0 saturated heterocycles. The zero-order valence-electron chi connectivity index (χ0n) is 21.6. The van der Waals surface area contributed by atoms with Crippen molar-refractivity contribution in [3.63, 3.8) is 0 Å². The first-order valence-electron chi connectivity index (χ1n) is 9.73. The molecule has 0 atom stereocenters. The van der Waals surface area contributed by atoms with Crippen LogP contribution in [0.3, 0.4) is 0 Å². The molecule has 0 heterocycles. The van der Waals surface area contributed by atoms with E-state index in [9.17, 15) is 0 Å². The van der Waals surface area contributed by atoms with Crippen LogP contribution in [0.1, 0.15) is 132 Å². The second kappa shape index (κ2) is 15.3. The van der Waals surface area contributed by atoms with E-state index in [-0.39, 0.29) is 0 Å². The highest BCUT2D eigenvalue weighted by atomic mass is 14.0.